The van der Waals surface area contributed by atoms with Crippen molar-refractivity contribution in [3.63, 3.8) is 0 Å². The number of hydrogen-bond acceptors (Lipinski definition) is 3. The van der Waals surface area contributed by atoms with E-state index in [1.54, 1.807) is 7.05 Å². The molecule has 2 amide bonds. The fourth-order valence-electron chi connectivity index (χ4n) is 2.29. The molecule has 0 saturated carbocycles. The number of halogens is 4. The Labute approximate surface area is 142 Å². The van der Waals surface area contributed by atoms with Gasteiger partial charge in [0.25, 0.3) is 0 Å². The van der Waals surface area contributed by atoms with Crippen molar-refractivity contribution in [1.29, 1.82) is 0 Å². The molecule has 1 aliphatic rings. The molecule has 1 atom stereocenters. The molecule has 0 radical (unpaired) electrons. The largest absolute Gasteiger partial charge is 0.482 e. The lowest BCUT2D eigenvalue weighted by Crippen LogP contribution is -2.35. The summed E-state index contributed by atoms with van der Waals surface area (Å²) in [5.74, 6) is 0.123. The highest BCUT2D eigenvalue weighted by atomic mass is 35.5. The highest BCUT2D eigenvalue weighted by Crippen LogP contribution is 2.30. The van der Waals surface area contributed by atoms with Gasteiger partial charge in [0.1, 0.15) is 5.75 Å². The summed E-state index contributed by atoms with van der Waals surface area (Å²) in [6.45, 7) is 0.300. The number of nitrogens with one attached hydrogen (secondary N) is 1. The van der Waals surface area contributed by atoms with Crippen molar-refractivity contribution >= 4 is 23.3 Å². The third-order valence-electron chi connectivity index (χ3n) is 3.48. The van der Waals surface area contributed by atoms with E-state index in [-0.39, 0.29) is 22.4 Å². The van der Waals surface area contributed by atoms with Gasteiger partial charge < -0.3 is 19.7 Å². The lowest BCUT2D eigenvalue weighted by molar-refractivity contribution is -0.153. The zero-order chi connectivity index (χ0) is 17.7. The van der Waals surface area contributed by atoms with E-state index < -0.39 is 18.8 Å². The standard InChI is InChI=1S/C15H18ClF3N2O3/c1-21(7-10-4-5-23-8-10)14(22)20-12-3-2-11(16)6-13(12)24-9-15(17,18)19/h2-3,6,10H,4-5,7-9H2,1H3,(H,20,22). The number of rotatable bonds is 5. The summed E-state index contributed by atoms with van der Waals surface area (Å²) in [6.07, 6.45) is -3.61. The maximum absolute atomic E-state index is 12.3. The van der Waals surface area contributed by atoms with Gasteiger partial charge in [-0.15, -0.1) is 0 Å². The lowest BCUT2D eigenvalue weighted by Gasteiger charge is -2.22. The van der Waals surface area contributed by atoms with Crippen LogP contribution in [0.4, 0.5) is 23.7 Å². The van der Waals surface area contributed by atoms with Crippen molar-refractivity contribution in [3.8, 4) is 5.75 Å². The first-order valence-corrected chi connectivity index (χ1v) is 7.71. The second-order valence-corrected chi connectivity index (χ2v) is 6.02. The Bertz CT molecular complexity index is 578. The molecular formula is C15H18ClF3N2O3. The summed E-state index contributed by atoms with van der Waals surface area (Å²) in [5, 5.41) is 2.75. The molecule has 134 valence electrons. The number of hydrogen-bond donors (Lipinski definition) is 1. The average molecular weight is 367 g/mol. The molecule has 1 aromatic rings. The van der Waals surface area contributed by atoms with Crippen molar-refractivity contribution in [2.45, 2.75) is 12.6 Å². The van der Waals surface area contributed by atoms with Gasteiger partial charge in [-0.3, -0.25) is 0 Å². The molecule has 9 heteroatoms. The highest BCUT2D eigenvalue weighted by molar-refractivity contribution is 6.30. The van der Waals surface area contributed by atoms with Crippen LogP contribution in [0.5, 0.6) is 5.75 Å². The monoisotopic (exact) mass is 366 g/mol. The zero-order valence-corrected chi connectivity index (χ0v) is 13.8. The molecule has 1 fully saturated rings. The molecule has 1 aliphatic heterocycles. The number of nitrogens with zero attached hydrogens (tertiary/aromatic N) is 1. The van der Waals surface area contributed by atoms with Crippen LogP contribution in [0.25, 0.3) is 0 Å². The summed E-state index contributed by atoms with van der Waals surface area (Å²) < 4.78 is 47.0. The van der Waals surface area contributed by atoms with Crippen LogP contribution < -0.4 is 10.1 Å². The molecule has 1 unspecified atom stereocenters. The Morgan fingerprint density at radius 3 is 2.88 bits per heavy atom. The maximum atomic E-state index is 12.3. The normalized spacial score (nSPS) is 17.6. The number of carbonyl (C=O) groups excluding carboxylic acids is 1. The van der Waals surface area contributed by atoms with Gasteiger partial charge in [-0.25, -0.2) is 4.79 Å². The van der Waals surface area contributed by atoms with E-state index in [1.165, 1.54) is 23.1 Å². The quantitative estimate of drug-likeness (QED) is 0.862. The third kappa shape index (κ3) is 5.76. The first-order chi connectivity index (χ1) is 11.2. The van der Waals surface area contributed by atoms with Crippen LogP contribution in [-0.2, 0) is 4.74 Å². The highest BCUT2D eigenvalue weighted by Gasteiger charge is 2.29. The summed E-state index contributed by atoms with van der Waals surface area (Å²) in [6, 6.07) is 3.65. The molecule has 0 spiro atoms. The number of alkyl halides is 3. The van der Waals surface area contributed by atoms with Crippen molar-refractivity contribution in [2.24, 2.45) is 5.92 Å². The van der Waals surface area contributed by atoms with Crippen molar-refractivity contribution < 1.29 is 27.4 Å². The Balaban J connectivity index is 2.00. The Hall–Kier alpha value is -1.67. The van der Waals surface area contributed by atoms with E-state index in [4.69, 9.17) is 21.1 Å². The SMILES string of the molecule is CN(CC1CCOC1)C(=O)Nc1ccc(Cl)cc1OCC(F)(F)F. The first kappa shape index (κ1) is 18.7. The molecule has 1 N–H and O–H groups in total. The molecule has 1 heterocycles. The van der Waals surface area contributed by atoms with Gasteiger partial charge in [0.15, 0.2) is 6.61 Å². The van der Waals surface area contributed by atoms with Crippen LogP contribution in [-0.4, -0.2) is 50.5 Å². The van der Waals surface area contributed by atoms with Crippen LogP contribution in [0.2, 0.25) is 5.02 Å². The number of anilines is 1. The summed E-state index contributed by atoms with van der Waals surface area (Å²) in [7, 11) is 1.61. The van der Waals surface area contributed by atoms with Gasteiger partial charge in [-0.2, -0.15) is 13.2 Å². The zero-order valence-electron chi connectivity index (χ0n) is 13.0. The van der Waals surface area contributed by atoms with E-state index in [0.717, 1.165) is 6.42 Å². The van der Waals surface area contributed by atoms with E-state index in [2.05, 4.69) is 5.32 Å². The first-order valence-electron chi connectivity index (χ1n) is 7.33. The van der Waals surface area contributed by atoms with E-state index in [9.17, 15) is 18.0 Å². The fraction of sp³-hybridized carbons (Fsp3) is 0.533. The van der Waals surface area contributed by atoms with Crippen LogP contribution in [0.3, 0.4) is 0 Å². The molecule has 24 heavy (non-hydrogen) atoms. The van der Waals surface area contributed by atoms with Gasteiger partial charge in [0.2, 0.25) is 0 Å². The lowest BCUT2D eigenvalue weighted by atomic mass is 10.1. The third-order valence-corrected chi connectivity index (χ3v) is 3.71. The number of ether oxygens (including phenoxy) is 2. The van der Waals surface area contributed by atoms with E-state index in [1.807, 2.05) is 0 Å². The summed E-state index contributed by atoms with van der Waals surface area (Å²) in [4.78, 5) is 13.7. The second-order valence-electron chi connectivity index (χ2n) is 5.58. The molecule has 2 rings (SSSR count). The van der Waals surface area contributed by atoms with E-state index >= 15 is 0 Å². The van der Waals surface area contributed by atoms with Crippen LogP contribution >= 0.6 is 11.6 Å². The predicted molar refractivity (Wildman–Crippen MR) is 83.6 cm³/mol. The van der Waals surface area contributed by atoms with Gasteiger partial charge in [-0.1, -0.05) is 11.6 Å². The fourth-order valence-corrected chi connectivity index (χ4v) is 2.45. The van der Waals surface area contributed by atoms with Crippen LogP contribution in [0.1, 0.15) is 6.42 Å². The minimum Gasteiger partial charge on any atom is -0.482 e. The summed E-state index contributed by atoms with van der Waals surface area (Å²) in [5.41, 5.74) is 0.128. The Kier molecular flexibility index (Phi) is 6.17. The van der Waals surface area contributed by atoms with Crippen LogP contribution in [0.15, 0.2) is 18.2 Å². The molecule has 1 aromatic carbocycles. The molecule has 0 bridgehead atoms. The van der Waals surface area contributed by atoms with Crippen molar-refractivity contribution in [3.05, 3.63) is 23.2 Å². The summed E-state index contributed by atoms with van der Waals surface area (Å²) >= 11 is 5.78. The maximum Gasteiger partial charge on any atom is 0.422 e. The van der Waals surface area contributed by atoms with Gasteiger partial charge in [-0.05, 0) is 18.6 Å². The molecule has 1 saturated heterocycles. The minimum atomic E-state index is -4.48. The van der Waals surface area contributed by atoms with Gasteiger partial charge >= 0.3 is 12.2 Å². The molecule has 0 aliphatic carbocycles. The number of benzene rings is 1. The van der Waals surface area contributed by atoms with Crippen LogP contribution in [0, 0.1) is 5.92 Å². The number of amides is 2. The Morgan fingerprint density at radius 1 is 1.50 bits per heavy atom. The van der Waals surface area contributed by atoms with Gasteiger partial charge in [0.05, 0.1) is 12.3 Å². The molecular weight excluding hydrogens is 349 g/mol. The smallest absolute Gasteiger partial charge is 0.422 e. The van der Waals surface area contributed by atoms with Crippen molar-refractivity contribution in [1.82, 2.24) is 4.90 Å². The predicted octanol–water partition coefficient (Wildman–Crippen LogP) is 3.78. The van der Waals surface area contributed by atoms with E-state index in [0.29, 0.717) is 19.8 Å². The second kappa shape index (κ2) is 7.94. The molecule has 0 aromatic heterocycles. The minimum absolute atomic E-state index is 0.128. The van der Waals surface area contributed by atoms with Crippen molar-refractivity contribution in [2.75, 3.05) is 38.7 Å². The average Bonchev–Trinajstić information content (AvgIpc) is 2.99. The Morgan fingerprint density at radius 2 is 2.25 bits per heavy atom. The topological polar surface area (TPSA) is 50.8 Å². The van der Waals surface area contributed by atoms with Gasteiger partial charge in [0, 0.05) is 37.2 Å². The molecule has 5 nitrogen and oxygen atoms in total. The number of urea groups is 1. The number of carbonyl (C=O) groups is 1.